The van der Waals surface area contributed by atoms with E-state index in [2.05, 4.69) is 15.5 Å². The Kier molecular flexibility index (Phi) is 4.76. The summed E-state index contributed by atoms with van der Waals surface area (Å²) in [6.45, 7) is 1.16. The lowest BCUT2D eigenvalue weighted by molar-refractivity contribution is 0.389. The van der Waals surface area contributed by atoms with Crippen LogP contribution in [0.15, 0.2) is 28.0 Å². The maximum absolute atomic E-state index is 11.9. The Morgan fingerprint density at radius 1 is 1.38 bits per heavy atom. The van der Waals surface area contributed by atoms with Gasteiger partial charge in [-0.1, -0.05) is 0 Å². The van der Waals surface area contributed by atoms with Crippen LogP contribution in [0.25, 0.3) is 0 Å². The van der Waals surface area contributed by atoms with E-state index in [4.69, 9.17) is 4.42 Å². The quantitative estimate of drug-likeness (QED) is 0.723. The second kappa shape index (κ2) is 6.37. The first-order chi connectivity index (χ1) is 9.91. The van der Waals surface area contributed by atoms with Gasteiger partial charge in [-0.3, -0.25) is 0 Å². The van der Waals surface area contributed by atoms with Gasteiger partial charge in [-0.25, -0.2) is 12.7 Å². The van der Waals surface area contributed by atoms with Crippen LogP contribution in [0.2, 0.25) is 0 Å². The number of aromatic nitrogens is 3. The maximum atomic E-state index is 11.9. The third kappa shape index (κ3) is 3.69. The number of furan rings is 1. The van der Waals surface area contributed by atoms with Gasteiger partial charge in [0.2, 0.25) is 5.09 Å². The van der Waals surface area contributed by atoms with Crippen molar-refractivity contribution in [3.63, 3.8) is 0 Å². The van der Waals surface area contributed by atoms with E-state index in [-0.39, 0.29) is 5.09 Å². The summed E-state index contributed by atoms with van der Waals surface area (Å²) in [6, 6.07) is 3.13. The fraction of sp³-hybridized carbons (Fsp3) is 0.500. The number of sulfonamides is 1. The van der Waals surface area contributed by atoms with Crippen molar-refractivity contribution in [3.8, 4) is 0 Å². The maximum Gasteiger partial charge on any atom is 0.275 e. The Balaban J connectivity index is 1.85. The van der Waals surface area contributed by atoms with Crippen molar-refractivity contribution in [2.24, 2.45) is 7.05 Å². The summed E-state index contributed by atoms with van der Waals surface area (Å²) in [5, 5.41) is 10.9. The molecule has 0 unspecified atom stereocenters. The molecule has 0 spiro atoms. The molecule has 0 saturated carbocycles. The summed E-state index contributed by atoms with van der Waals surface area (Å²) in [7, 11) is 1.32. The number of nitrogens with zero attached hydrogens (tertiary/aromatic N) is 4. The molecule has 0 aliphatic heterocycles. The molecule has 0 atom stereocenters. The molecule has 0 fully saturated rings. The molecule has 0 aromatic carbocycles. The average Bonchev–Trinajstić information content (AvgIpc) is 3.04. The normalized spacial score (nSPS) is 12.2. The first kappa shape index (κ1) is 15.7. The van der Waals surface area contributed by atoms with Gasteiger partial charge in [-0.2, -0.15) is 0 Å². The molecule has 2 aromatic rings. The van der Waals surface area contributed by atoms with Crippen molar-refractivity contribution >= 4 is 10.0 Å². The second-order valence-electron chi connectivity index (χ2n) is 4.79. The largest absolute Gasteiger partial charge is 0.447 e. The summed E-state index contributed by atoms with van der Waals surface area (Å²) < 4.78 is 32.0. The third-order valence-corrected chi connectivity index (χ3v) is 4.69. The number of rotatable bonds is 7. The third-order valence-electron chi connectivity index (χ3n) is 3.00. The minimum Gasteiger partial charge on any atom is -0.447 e. The summed E-state index contributed by atoms with van der Waals surface area (Å²) in [5.74, 6) is 1.46. The predicted octanol–water partition coefficient (Wildman–Crippen LogP) is -0.00930. The smallest absolute Gasteiger partial charge is 0.275 e. The Hall–Kier alpha value is -1.71. The minimum atomic E-state index is -3.51. The molecule has 0 amide bonds. The van der Waals surface area contributed by atoms with Gasteiger partial charge in [0.05, 0.1) is 6.54 Å². The number of nitrogens with one attached hydrogen (secondary N) is 1. The Labute approximate surface area is 123 Å². The van der Waals surface area contributed by atoms with Gasteiger partial charge in [0.15, 0.2) is 0 Å². The van der Waals surface area contributed by atoms with E-state index in [1.54, 1.807) is 12.4 Å². The number of hydrogen-bond acceptors (Lipinski definition) is 6. The van der Waals surface area contributed by atoms with E-state index in [1.807, 2.05) is 11.6 Å². The first-order valence-corrected chi connectivity index (χ1v) is 7.90. The van der Waals surface area contributed by atoms with Gasteiger partial charge in [0.1, 0.15) is 17.9 Å². The summed E-state index contributed by atoms with van der Waals surface area (Å²) >= 11 is 0. The molecule has 116 valence electrons. The first-order valence-electron chi connectivity index (χ1n) is 6.46. The molecule has 0 bridgehead atoms. The molecule has 0 saturated heterocycles. The fourth-order valence-electron chi connectivity index (χ4n) is 1.72. The SMILES string of the molecule is CN(C)S(=O)(=O)c1ccc(CNCCc2nncn2C)o1. The molecular formula is C12H19N5O3S. The summed E-state index contributed by atoms with van der Waals surface area (Å²) in [6.07, 6.45) is 2.39. The van der Waals surface area contributed by atoms with E-state index in [0.29, 0.717) is 18.8 Å². The van der Waals surface area contributed by atoms with Crippen LogP contribution in [0.4, 0.5) is 0 Å². The van der Waals surface area contributed by atoms with E-state index >= 15 is 0 Å². The highest BCUT2D eigenvalue weighted by atomic mass is 32.2. The number of aryl methyl sites for hydroxylation is 1. The van der Waals surface area contributed by atoms with Crippen molar-refractivity contribution in [2.75, 3.05) is 20.6 Å². The lowest BCUT2D eigenvalue weighted by Crippen LogP contribution is -2.21. The molecule has 21 heavy (non-hydrogen) atoms. The van der Waals surface area contributed by atoms with Crippen molar-refractivity contribution in [1.29, 1.82) is 0 Å². The van der Waals surface area contributed by atoms with E-state index < -0.39 is 10.0 Å². The van der Waals surface area contributed by atoms with Gasteiger partial charge < -0.3 is 14.3 Å². The minimum absolute atomic E-state index is 0.0439. The van der Waals surface area contributed by atoms with Crippen molar-refractivity contribution in [3.05, 3.63) is 30.0 Å². The molecule has 2 aromatic heterocycles. The highest BCUT2D eigenvalue weighted by Gasteiger charge is 2.21. The van der Waals surface area contributed by atoms with Crippen LogP contribution in [-0.2, 0) is 30.0 Å². The zero-order chi connectivity index (χ0) is 15.5. The summed E-state index contributed by atoms with van der Waals surface area (Å²) in [4.78, 5) is 0. The standard InChI is InChI=1S/C12H19N5O3S/c1-16(2)21(18,19)12-5-4-10(20-12)8-13-7-6-11-15-14-9-17(11)3/h4-5,9,13H,6-8H2,1-3H3. The van der Waals surface area contributed by atoms with Crippen LogP contribution in [0.5, 0.6) is 0 Å². The molecule has 1 N–H and O–H groups in total. The highest BCUT2D eigenvalue weighted by Crippen LogP contribution is 2.16. The van der Waals surface area contributed by atoms with Crippen LogP contribution < -0.4 is 5.32 Å². The zero-order valence-electron chi connectivity index (χ0n) is 12.3. The van der Waals surface area contributed by atoms with E-state index in [9.17, 15) is 8.42 Å². The second-order valence-corrected chi connectivity index (χ2v) is 6.88. The molecule has 0 radical (unpaired) electrons. The zero-order valence-corrected chi connectivity index (χ0v) is 13.1. The van der Waals surface area contributed by atoms with Crippen LogP contribution in [0.1, 0.15) is 11.6 Å². The van der Waals surface area contributed by atoms with Crippen molar-refractivity contribution < 1.29 is 12.8 Å². The molecule has 8 nitrogen and oxygen atoms in total. The summed E-state index contributed by atoms with van der Waals surface area (Å²) in [5.41, 5.74) is 0. The Morgan fingerprint density at radius 2 is 2.14 bits per heavy atom. The van der Waals surface area contributed by atoms with Gasteiger partial charge in [0.25, 0.3) is 10.0 Å². The average molecular weight is 313 g/mol. The van der Waals surface area contributed by atoms with Crippen LogP contribution in [-0.4, -0.2) is 48.1 Å². The highest BCUT2D eigenvalue weighted by molar-refractivity contribution is 7.88. The molecule has 0 aliphatic rings. The molecule has 0 aliphatic carbocycles. The van der Waals surface area contributed by atoms with Gasteiger partial charge in [-0.15, -0.1) is 10.2 Å². The van der Waals surface area contributed by atoms with Crippen LogP contribution in [0.3, 0.4) is 0 Å². The molecular weight excluding hydrogens is 294 g/mol. The monoisotopic (exact) mass is 313 g/mol. The molecule has 9 heteroatoms. The molecule has 2 rings (SSSR count). The van der Waals surface area contributed by atoms with Crippen molar-refractivity contribution in [2.45, 2.75) is 18.1 Å². The van der Waals surface area contributed by atoms with Gasteiger partial charge in [0, 0.05) is 34.1 Å². The van der Waals surface area contributed by atoms with E-state index in [0.717, 1.165) is 16.6 Å². The van der Waals surface area contributed by atoms with Gasteiger partial charge >= 0.3 is 0 Å². The van der Waals surface area contributed by atoms with E-state index in [1.165, 1.54) is 20.2 Å². The fourth-order valence-corrected chi connectivity index (χ4v) is 2.53. The topological polar surface area (TPSA) is 93.3 Å². The Morgan fingerprint density at radius 3 is 2.76 bits per heavy atom. The van der Waals surface area contributed by atoms with Crippen molar-refractivity contribution in [1.82, 2.24) is 24.4 Å². The van der Waals surface area contributed by atoms with Gasteiger partial charge in [-0.05, 0) is 12.1 Å². The van der Waals surface area contributed by atoms with Crippen LogP contribution >= 0.6 is 0 Å². The number of hydrogen-bond donors (Lipinski definition) is 1. The Bertz CT molecular complexity index is 689. The molecule has 2 heterocycles. The lowest BCUT2D eigenvalue weighted by Gasteiger charge is -2.07. The lowest BCUT2D eigenvalue weighted by atomic mass is 10.4. The van der Waals surface area contributed by atoms with Crippen LogP contribution in [0, 0.1) is 0 Å². The predicted molar refractivity (Wildman–Crippen MR) is 76.0 cm³/mol.